The lowest BCUT2D eigenvalue weighted by Gasteiger charge is -2.12. The van der Waals surface area contributed by atoms with Crippen LogP contribution in [0.2, 0.25) is 0 Å². The first-order chi connectivity index (χ1) is 13.5. The summed E-state index contributed by atoms with van der Waals surface area (Å²) < 4.78 is 15.3. The van der Waals surface area contributed by atoms with Crippen LogP contribution in [0.3, 0.4) is 0 Å². The highest BCUT2D eigenvalue weighted by atomic mass is 32.2. The Hall–Kier alpha value is -3.06. The molecule has 0 atom stereocenters. The van der Waals surface area contributed by atoms with Gasteiger partial charge in [0, 0.05) is 22.3 Å². The standard InChI is InChI=1S/C21H20FN3O2S/c1-14-11-19(24-21(27)23-16-7-9-17(28-2)10-8-16)20(26)25(12-14)13-15-5-3-4-6-18(15)22/h3-12H,13H2,1-2H3,(H2,23,24,27). The minimum absolute atomic E-state index is 0.0830. The summed E-state index contributed by atoms with van der Waals surface area (Å²) in [6, 6.07) is 14.7. The van der Waals surface area contributed by atoms with Crippen molar-refractivity contribution in [2.75, 3.05) is 16.9 Å². The topological polar surface area (TPSA) is 63.1 Å². The van der Waals surface area contributed by atoms with Crippen molar-refractivity contribution in [3.63, 3.8) is 0 Å². The largest absolute Gasteiger partial charge is 0.323 e. The Labute approximate surface area is 166 Å². The number of carbonyl (C=O) groups is 1. The number of nitrogens with one attached hydrogen (secondary N) is 2. The molecule has 2 N–H and O–H groups in total. The Bertz CT molecular complexity index is 1050. The molecule has 0 radical (unpaired) electrons. The maximum atomic E-state index is 13.9. The number of amides is 2. The highest BCUT2D eigenvalue weighted by Crippen LogP contribution is 2.17. The van der Waals surface area contributed by atoms with Crippen LogP contribution in [0, 0.1) is 12.7 Å². The summed E-state index contributed by atoms with van der Waals surface area (Å²) in [6.07, 6.45) is 3.61. The molecule has 2 amide bonds. The van der Waals surface area contributed by atoms with Gasteiger partial charge in [-0.15, -0.1) is 11.8 Å². The molecule has 28 heavy (non-hydrogen) atoms. The minimum Gasteiger partial charge on any atom is -0.309 e. The molecule has 1 aromatic heterocycles. The van der Waals surface area contributed by atoms with E-state index in [1.54, 1.807) is 54.4 Å². The fourth-order valence-corrected chi connectivity index (χ4v) is 3.17. The number of benzene rings is 2. The number of anilines is 2. The van der Waals surface area contributed by atoms with Crippen LogP contribution in [0.15, 0.2) is 70.5 Å². The van der Waals surface area contributed by atoms with Crippen molar-refractivity contribution in [2.24, 2.45) is 0 Å². The van der Waals surface area contributed by atoms with Gasteiger partial charge < -0.3 is 15.2 Å². The number of rotatable bonds is 5. The number of urea groups is 1. The fourth-order valence-electron chi connectivity index (χ4n) is 2.76. The highest BCUT2D eigenvalue weighted by Gasteiger charge is 2.11. The normalized spacial score (nSPS) is 10.5. The highest BCUT2D eigenvalue weighted by molar-refractivity contribution is 7.98. The van der Waals surface area contributed by atoms with E-state index in [-0.39, 0.29) is 18.0 Å². The van der Waals surface area contributed by atoms with Gasteiger partial charge in [0.2, 0.25) is 0 Å². The zero-order chi connectivity index (χ0) is 20.1. The molecule has 0 saturated heterocycles. The molecule has 0 saturated carbocycles. The molecule has 0 spiro atoms. The lowest BCUT2D eigenvalue weighted by molar-refractivity contribution is 0.262. The number of halogens is 1. The van der Waals surface area contributed by atoms with Gasteiger partial charge in [-0.3, -0.25) is 4.79 Å². The van der Waals surface area contributed by atoms with E-state index < -0.39 is 11.6 Å². The first kappa shape index (κ1) is 19.7. The second-order valence-electron chi connectivity index (χ2n) is 6.26. The Morgan fingerprint density at radius 2 is 1.82 bits per heavy atom. The van der Waals surface area contributed by atoms with E-state index >= 15 is 0 Å². The number of nitrogens with zero attached hydrogens (tertiary/aromatic N) is 1. The first-order valence-corrected chi connectivity index (χ1v) is 9.85. The van der Waals surface area contributed by atoms with Crippen molar-refractivity contribution in [2.45, 2.75) is 18.4 Å². The maximum absolute atomic E-state index is 13.9. The number of carbonyl (C=O) groups excluding carboxylic acids is 1. The average molecular weight is 397 g/mol. The molecule has 0 fully saturated rings. The maximum Gasteiger partial charge on any atom is 0.323 e. The van der Waals surface area contributed by atoms with Crippen molar-refractivity contribution >= 4 is 29.2 Å². The van der Waals surface area contributed by atoms with Gasteiger partial charge in [0.1, 0.15) is 11.5 Å². The molecular weight excluding hydrogens is 377 g/mol. The van der Waals surface area contributed by atoms with E-state index in [2.05, 4.69) is 10.6 Å². The van der Waals surface area contributed by atoms with Crippen molar-refractivity contribution in [3.05, 3.63) is 88.1 Å². The second-order valence-corrected chi connectivity index (χ2v) is 7.14. The van der Waals surface area contributed by atoms with Crippen LogP contribution in [0.1, 0.15) is 11.1 Å². The Morgan fingerprint density at radius 1 is 1.11 bits per heavy atom. The lowest BCUT2D eigenvalue weighted by atomic mass is 10.2. The van der Waals surface area contributed by atoms with Crippen LogP contribution in [-0.2, 0) is 6.54 Å². The van der Waals surface area contributed by atoms with E-state index in [9.17, 15) is 14.0 Å². The summed E-state index contributed by atoms with van der Waals surface area (Å²) in [6.45, 7) is 1.89. The van der Waals surface area contributed by atoms with Gasteiger partial charge in [0.05, 0.1) is 6.54 Å². The van der Waals surface area contributed by atoms with Crippen molar-refractivity contribution in [1.82, 2.24) is 4.57 Å². The average Bonchev–Trinajstić information content (AvgIpc) is 2.67. The summed E-state index contributed by atoms with van der Waals surface area (Å²) >= 11 is 1.61. The molecule has 3 rings (SSSR count). The third-order valence-electron chi connectivity index (χ3n) is 4.12. The van der Waals surface area contributed by atoms with Gasteiger partial charge in [0.15, 0.2) is 0 Å². The Morgan fingerprint density at radius 3 is 2.50 bits per heavy atom. The van der Waals surface area contributed by atoms with E-state index in [0.717, 1.165) is 10.5 Å². The predicted molar refractivity (Wildman–Crippen MR) is 112 cm³/mol. The van der Waals surface area contributed by atoms with Crippen LogP contribution in [0.5, 0.6) is 0 Å². The molecule has 0 aliphatic rings. The number of aromatic nitrogens is 1. The number of thioether (sulfide) groups is 1. The van der Waals surface area contributed by atoms with E-state index in [1.165, 1.54) is 10.6 Å². The zero-order valence-electron chi connectivity index (χ0n) is 15.5. The Balaban J connectivity index is 1.78. The fraction of sp³-hybridized carbons (Fsp3) is 0.143. The summed E-state index contributed by atoms with van der Waals surface area (Å²) in [4.78, 5) is 26.1. The first-order valence-electron chi connectivity index (χ1n) is 8.63. The summed E-state index contributed by atoms with van der Waals surface area (Å²) in [5.74, 6) is -0.378. The molecule has 1 heterocycles. The number of hydrogen-bond donors (Lipinski definition) is 2. The van der Waals surface area contributed by atoms with Gasteiger partial charge in [-0.25, -0.2) is 9.18 Å². The van der Waals surface area contributed by atoms with Crippen molar-refractivity contribution in [3.8, 4) is 0 Å². The quantitative estimate of drug-likeness (QED) is 0.613. The van der Waals surface area contributed by atoms with Gasteiger partial charge >= 0.3 is 6.03 Å². The molecule has 2 aromatic carbocycles. The summed E-state index contributed by atoms with van der Waals surface area (Å²) in [7, 11) is 0. The summed E-state index contributed by atoms with van der Waals surface area (Å²) in [5.41, 5.74) is 1.53. The predicted octanol–water partition coefficient (Wildman–Crippen LogP) is 4.71. The van der Waals surface area contributed by atoms with E-state index in [1.807, 2.05) is 25.3 Å². The van der Waals surface area contributed by atoms with Crippen LogP contribution < -0.4 is 16.2 Å². The second kappa shape index (κ2) is 8.75. The van der Waals surface area contributed by atoms with E-state index in [0.29, 0.717) is 11.3 Å². The van der Waals surface area contributed by atoms with Crippen molar-refractivity contribution in [1.29, 1.82) is 0 Å². The molecular formula is C21H20FN3O2S. The molecule has 3 aromatic rings. The minimum atomic E-state index is -0.517. The third-order valence-corrected chi connectivity index (χ3v) is 4.86. The lowest BCUT2D eigenvalue weighted by Crippen LogP contribution is -2.28. The van der Waals surface area contributed by atoms with Crippen LogP contribution in [0.4, 0.5) is 20.6 Å². The summed E-state index contributed by atoms with van der Waals surface area (Å²) in [5, 5.41) is 5.29. The number of hydrogen-bond acceptors (Lipinski definition) is 3. The van der Waals surface area contributed by atoms with Crippen LogP contribution in [-0.4, -0.2) is 16.9 Å². The zero-order valence-corrected chi connectivity index (χ0v) is 16.3. The van der Waals surface area contributed by atoms with Crippen molar-refractivity contribution < 1.29 is 9.18 Å². The van der Waals surface area contributed by atoms with Crippen LogP contribution in [0.25, 0.3) is 0 Å². The number of aryl methyl sites for hydroxylation is 1. The van der Waals surface area contributed by atoms with Gasteiger partial charge in [-0.05, 0) is 55.1 Å². The third kappa shape index (κ3) is 4.80. The van der Waals surface area contributed by atoms with E-state index in [4.69, 9.17) is 0 Å². The molecule has 0 aliphatic heterocycles. The Kier molecular flexibility index (Phi) is 6.16. The smallest absolute Gasteiger partial charge is 0.309 e. The molecule has 0 unspecified atom stereocenters. The van der Waals surface area contributed by atoms with Gasteiger partial charge in [-0.1, -0.05) is 18.2 Å². The molecule has 144 valence electrons. The molecule has 0 bridgehead atoms. The molecule has 0 aliphatic carbocycles. The number of pyridine rings is 1. The molecule has 5 nitrogen and oxygen atoms in total. The van der Waals surface area contributed by atoms with Gasteiger partial charge in [-0.2, -0.15) is 0 Å². The monoisotopic (exact) mass is 397 g/mol. The van der Waals surface area contributed by atoms with Gasteiger partial charge in [0.25, 0.3) is 5.56 Å². The SMILES string of the molecule is CSc1ccc(NC(=O)Nc2cc(C)cn(Cc3ccccc3F)c2=O)cc1. The van der Waals surface area contributed by atoms with Crippen LogP contribution >= 0.6 is 11.8 Å². The molecule has 7 heteroatoms.